The molecule has 0 fully saturated rings. The normalized spacial score (nSPS) is 11.0. The number of hydrogen-bond acceptors (Lipinski definition) is 2. The quantitative estimate of drug-likeness (QED) is 0.805. The molecule has 0 aliphatic heterocycles. The second-order valence-corrected chi connectivity index (χ2v) is 5.21. The van der Waals surface area contributed by atoms with Gasteiger partial charge in [0.2, 0.25) is 0 Å². The van der Waals surface area contributed by atoms with E-state index < -0.39 is 0 Å². The molecule has 0 atom stereocenters. The maximum atomic E-state index is 12.5. The van der Waals surface area contributed by atoms with Crippen LogP contribution in [-0.4, -0.2) is 19.3 Å². The first-order chi connectivity index (χ1) is 10.2. The first-order valence-electron chi connectivity index (χ1n) is 6.73. The number of aromatic amines is 1. The molecule has 0 amide bonds. The third kappa shape index (κ3) is 2.64. The Morgan fingerprint density at radius 3 is 2.67 bits per heavy atom. The van der Waals surface area contributed by atoms with E-state index in [9.17, 15) is 4.79 Å². The molecule has 1 N–H and O–H groups in total. The monoisotopic (exact) mass is 302 g/mol. The minimum atomic E-state index is -0.0186. The molecular formula is C15H15ClN4O. The van der Waals surface area contributed by atoms with Crippen LogP contribution in [0.2, 0.25) is 5.02 Å². The third-order valence-corrected chi connectivity index (χ3v) is 3.66. The van der Waals surface area contributed by atoms with Gasteiger partial charge in [0.1, 0.15) is 0 Å². The van der Waals surface area contributed by atoms with Crippen LogP contribution in [0.5, 0.6) is 0 Å². The van der Waals surface area contributed by atoms with Gasteiger partial charge in [-0.25, -0.2) is 9.67 Å². The van der Waals surface area contributed by atoms with Crippen LogP contribution >= 0.6 is 11.6 Å². The van der Waals surface area contributed by atoms with E-state index >= 15 is 0 Å². The highest BCUT2D eigenvalue weighted by molar-refractivity contribution is 6.30. The van der Waals surface area contributed by atoms with Crippen LogP contribution in [0.25, 0.3) is 5.69 Å². The fraction of sp³-hybridized carbons (Fsp3) is 0.200. The topological polar surface area (TPSA) is 55.6 Å². The number of nitrogens with one attached hydrogen (secondary N) is 1. The number of benzene rings is 1. The van der Waals surface area contributed by atoms with Crippen molar-refractivity contribution < 1.29 is 0 Å². The molecule has 0 aliphatic carbocycles. The number of nitrogens with zero attached hydrogens (tertiary/aromatic N) is 3. The summed E-state index contributed by atoms with van der Waals surface area (Å²) >= 11 is 5.89. The molecule has 0 spiro atoms. The van der Waals surface area contributed by atoms with Crippen molar-refractivity contribution in [2.75, 3.05) is 0 Å². The summed E-state index contributed by atoms with van der Waals surface area (Å²) in [5, 5.41) is 3.83. The Balaban J connectivity index is 2.04. The van der Waals surface area contributed by atoms with Crippen molar-refractivity contribution in [3.63, 3.8) is 0 Å². The van der Waals surface area contributed by atoms with Gasteiger partial charge in [0.05, 0.1) is 24.3 Å². The lowest BCUT2D eigenvalue weighted by Gasteiger charge is -2.03. The van der Waals surface area contributed by atoms with Crippen LogP contribution in [0.1, 0.15) is 18.2 Å². The molecule has 0 bridgehead atoms. The summed E-state index contributed by atoms with van der Waals surface area (Å²) in [5.74, 6) is 0. The van der Waals surface area contributed by atoms with Crippen molar-refractivity contribution >= 4 is 11.6 Å². The Morgan fingerprint density at radius 1 is 1.29 bits per heavy atom. The van der Waals surface area contributed by atoms with Gasteiger partial charge in [-0.05, 0) is 30.7 Å². The van der Waals surface area contributed by atoms with Crippen LogP contribution in [0, 0.1) is 0 Å². The number of aromatic nitrogens is 4. The molecule has 1 aromatic carbocycles. The second kappa shape index (κ2) is 5.61. The Hall–Kier alpha value is -2.27. The van der Waals surface area contributed by atoms with Gasteiger partial charge in [-0.3, -0.25) is 9.89 Å². The highest BCUT2D eigenvalue weighted by Crippen LogP contribution is 2.13. The predicted octanol–water partition coefficient (Wildman–Crippen LogP) is 2.63. The van der Waals surface area contributed by atoms with Crippen molar-refractivity contribution in [1.29, 1.82) is 0 Å². The van der Waals surface area contributed by atoms with E-state index in [1.54, 1.807) is 29.3 Å². The summed E-state index contributed by atoms with van der Waals surface area (Å²) in [5.41, 5.74) is 2.44. The highest BCUT2D eigenvalue weighted by atomic mass is 35.5. The fourth-order valence-corrected chi connectivity index (χ4v) is 2.47. The van der Waals surface area contributed by atoms with Crippen molar-refractivity contribution in [2.45, 2.75) is 19.9 Å². The van der Waals surface area contributed by atoms with Crippen LogP contribution in [0.3, 0.4) is 0 Å². The number of imidazole rings is 1. The predicted molar refractivity (Wildman–Crippen MR) is 82.1 cm³/mol. The van der Waals surface area contributed by atoms with Gasteiger partial charge in [0.15, 0.2) is 0 Å². The van der Waals surface area contributed by atoms with Gasteiger partial charge in [0, 0.05) is 23.0 Å². The third-order valence-electron chi connectivity index (χ3n) is 3.41. The van der Waals surface area contributed by atoms with Crippen molar-refractivity contribution in [2.24, 2.45) is 0 Å². The van der Waals surface area contributed by atoms with E-state index in [1.165, 1.54) is 0 Å². The Morgan fingerprint density at radius 2 is 2.05 bits per heavy atom. The molecular weight excluding hydrogens is 288 g/mol. The zero-order valence-electron chi connectivity index (χ0n) is 11.6. The number of halogens is 1. The summed E-state index contributed by atoms with van der Waals surface area (Å²) in [6, 6.07) is 7.18. The standard InChI is InChI=1S/C15H15ClN4O/c1-2-13-14(9-19-8-7-17-10-19)18-20(15(13)21)12-5-3-11(16)4-6-12/h3-8,10,18H,2,9H2,1H3. The summed E-state index contributed by atoms with van der Waals surface area (Å²) in [4.78, 5) is 16.5. The summed E-state index contributed by atoms with van der Waals surface area (Å²) in [6.45, 7) is 2.58. The van der Waals surface area contributed by atoms with E-state index in [4.69, 9.17) is 11.6 Å². The van der Waals surface area contributed by atoms with Crippen molar-refractivity contribution in [3.8, 4) is 5.69 Å². The highest BCUT2D eigenvalue weighted by Gasteiger charge is 2.13. The number of rotatable bonds is 4. The molecule has 2 aromatic heterocycles. The molecule has 3 aromatic rings. The number of hydrogen-bond donors (Lipinski definition) is 1. The lowest BCUT2D eigenvalue weighted by atomic mass is 10.2. The molecule has 3 rings (SSSR count). The van der Waals surface area contributed by atoms with Crippen LogP contribution in [0.15, 0.2) is 47.8 Å². The van der Waals surface area contributed by atoms with E-state index in [-0.39, 0.29) is 5.56 Å². The lowest BCUT2D eigenvalue weighted by molar-refractivity contribution is 0.737. The smallest absolute Gasteiger partial charge is 0.274 e. The molecule has 0 aliphatic rings. The Bertz CT molecular complexity index is 784. The second-order valence-electron chi connectivity index (χ2n) is 4.77. The first kappa shape index (κ1) is 13.7. The van der Waals surface area contributed by atoms with Crippen molar-refractivity contribution in [1.82, 2.24) is 19.3 Å². The van der Waals surface area contributed by atoms with E-state index in [0.717, 1.165) is 16.9 Å². The van der Waals surface area contributed by atoms with Gasteiger partial charge >= 0.3 is 0 Å². The summed E-state index contributed by atoms with van der Waals surface area (Å²) in [6.07, 6.45) is 6.01. The van der Waals surface area contributed by atoms with Gasteiger partial charge < -0.3 is 4.57 Å². The molecule has 0 saturated heterocycles. The first-order valence-corrected chi connectivity index (χ1v) is 7.11. The molecule has 5 nitrogen and oxygen atoms in total. The lowest BCUT2D eigenvalue weighted by Crippen LogP contribution is -2.16. The van der Waals surface area contributed by atoms with Crippen LogP contribution in [0.4, 0.5) is 0 Å². The minimum Gasteiger partial charge on any atom is -0.332 e. The van der Waals surface area contributed by atoms with Crippen LogP contribution < -0.4 is 5.56 Å². The zero-order chi connectivity index (χ0) is 14.8. The molecule has 21 heavy (non-hydrogen) atoms. The largest absolute Gasteiger partial charge is 0.332 e. The molecule has 0 unspecified atom stereocenters. The van der Waals surface area contributed by atoms with Crippen LogP contribution in [-0.2, 0) is 13.0 Å². The van der Waals surface area contributed by atoms with Gasteiger partial charge in [-0.2, -0.15) is 0 Å². The van der Waals surface area contributed by atoms with E-state index in [1.807, 2.05) is 29.8 Å². The molecule has 0 saturated carbocycles. The van der Waals surface area contributed by atoms with Gasteiger partial charge in [-0.1, -0.05) is 18.5 Å². The van der Waals surface area contributed by atoms with E-state index in [2.05, 4.69) is 10.1 Å². The molecule has 0 radical (unpaired) electrons. The maximum absolute atomic E-state index is 12.5. The van der Waals surface area contributed by atoms with Crippen molar-refractivity contribution in [3.05, 3.63) is 69.6 Å². The fourth-order valence-electron chi connectivity index (χ4n) is 2.35. The SMILES string of the molecule is CCc1c(Cn2ccnc2)[nH]n(-c2ccc(Cl)cc2)c1=O. The zero-order valence-corrected chi connectivity index (χ0v) is 12.3. The summed E-state index contributed by atoms with van der Waals surface area (Å²) < 4.78 is 3.48. The van der Waals surface area contributed by atoms with E-state index in [0.29, 0.717) is 18.0 Å². The Kier molecular flexibility index (Phi) is 3.66. The molecule has 6 heteroatoms. The van der Waals surface area contributed by atoms with Gasteiger partial charge in [0.25, 0.3) is 5.56 Å². The maximum Gasteiger partial charge on any atom is 0.274 e. The Labute approximate surface area is 126 Å². The van der Waals surface area contributed by atoms with Gasteiger partial charge in [-0.15, -0.1) is 0 Å². The minimum absolute atomic E-state index is 0.0186. The number of H-pyrrole nitrogens is 1. The average Bonchev–Trinajstić information content (AvgIpc) is 3.09. The average molecular weight is 303 g/mol. The molecule has 2 heterocycles. The molecule has 108 valence electrons. The summed E-state index contributed by atoms with van der Waals surface area (Å²) in [7, 11) is 0.